The molecule has 1 heterocycles. The van der Waals surface area contributed by atoms with Crippen LogP contribution in [0.3, 0.4) is 0 Å². The Morgan fingerprint density at radius 1 is 1.29 bits per heavy atom. The highest BCUT2D eigenvalue weighted by atomic mass is 32.2. The predicted octanol–water partition coefficient (Wildman–Crippen LogP) is -1.54. The zero-order valence-electron chi connectivity index (χ0n) is 10.0. The van der Waals surface area contributed by atoms with Crippen LogP contribution in [0.25, 0.3) is 0 Å². The molecule has 1 rings (SSSR count). The van der Waals surface area contributed by atoms with E-state index in [0.717, 1.165) is 6.42 Å². The van der Waals surface area contributed by atoms with Crippen molar-refractivity contribution in [1.29, 1.82) is 0 Å². The Morgan fingerprint density at radius 3 is 2.24 bits per heavy atom. The zero-order chi connectivity index (χ0) is 13.1. The van der Waals surface area contributed by atoms with Gasteiger partial charge in [-0.05, 0) is 6.42 Å². The van der Waals surface area contributed by atoms with Gasteiger partial charge >= 0.3 is 0 Å². The molecule has 17 heavy (non-hydrogen) atoms. The van der Waals surface area contributed by atoms with Crippen molar-refractivity contribution in [3.05, 3.63) is 0 Å². The molecule has 1 aliphatic rings. The number of nitrogens with two attached hydrogens (primary N) is 2. The highest BCUT2D eigenvalue weighted by molar-refractivity contribution is 7.86. The van der Waals surface area contributed by atoms with Crippen LogP contribution in [-0.2, 0) is 15.0 Å². The summed E-state index contributed by atoms with van der Waals surface area (Å²) in [7, 11) is -3.64. The monoisotopic (exact) mass is 264 g/mol. The number of hydrogen-bond donors (Lipinski definition) is 2. The van der Waals surface area contributed by atoms with Gasteiger partial charge in [-0.2, -0.15) is 12.7 Å². The molecule has 1 atom stereocenters. The average molecular weight is 264 g/mol. The molecular weight excluding hydrogens is 244 g/mol. The van der Waals surface area contributed by atoms with E-state index in [1.807, 2.05) is 6.92 Å². The van der Waals surface area contributed by atoms with E-state index in [1.165, 1.54) is 4.31 Å². The molecule has 4 N–H and O–H groups in total. The standard InChI is InChI=1S/C9H20N4O3S/c1-2-3-8(10)9(14)12-4-6-13(7-5-12)17(11,15)16/h8H,2-7,10H2,1H3,(H2,11,15,16)/t8-/m1/s1. The molecule has 1 saturated heterocycles. The molecule has 0 aromatic heterocycles. The maximum absolute atomic E-state index is 11.8. The van der Waals surface area contributed by atoms with E-state index < -0.39 is 16.3 Å². The van der Waals surface area contributed by atoms with Crippen molar-refractivity contribution < 1.29 is 13.2 Å². The van der Waals surface area contributed by atoms with Gasteiger partial charge in [0.25, 0.3) is 10.2 Å². The highest BCUT2D eigenvalue weighted by Gasteiger charge is 2.28. The third-order valence-electron chi connectivity index (χ3n) is 2.83. The van der Waals surface area contributed by atoms with Crippen molar-refractivity contribution in [3.63, 3.8) is 0 Å². The lowest BCUT2D eigenvalue weighted by atomic mass is 10.1. The molecular formula is C9H20N4O3S. The predicted molar refractivity (Wildman–Crippen MR) is 64.1 cm³/mol. The lowest BCUT2D eigenvalue weighted by Gasteiger charge is -2.34. The first kappa shape index (κ1) is 14.4. The number of rotatable bonds is 4. The summed E-state index contributed by atoms with van der Waals surface area (Å²) in [6, 6.07) is -0.485. The van der Waals surface area contributed by atoms with Gasteiger partial charge in [-0.25, -0.2) is 5.14 Å². The summed E-state index contributed by atoms with van der Waals surface area (Å²) in [6.45, 7) is 3.15. The molecule has 1 fully saturated rings. The fourth-order valence-corrected chi connectivity index (χ4v) is 2.50. The van der Waals surface area contributed by atoms with Crippen LogP contribution in [-0.4, -0.2) is 55.8 Å². The lowest BCUT2D eigenvalue weighted by molar-refractivity contribution is -0.133. The van der Waals surface area contributed by atoms with Gasteiger partial charge in [-0.3, -0.25) is 4.79 Å². The first-order valence-corrected chi connectivity index (χ1v) is 7.18. The molecule has 0 aromatic rings. The van der Waals surface area contributed by atoms with Crippen LogP contribution in [0.2, 0.25) is 0 Å². The molecule has 7 nitrogen and oxygen atoms in total. The number of nitrogens with zero attached hydrogens (tertiary/aromatic N) is 2. The van der Waals surface area contributed by atoms with E-state index >= 15 is 0 Å². The summed E-state index contributed by atoms with van der Waals surface area (Å²) < 4.78 is 23.3. The Balaban J connectivity index is 2.49. The molecule has 0 spiro atoms. The first-order valence-electron chi connectivity index (χ1n) is 5.68. The minimum Gasteiger partial charge on any atom is -0.339 e. The van der Waals surface area contributed by atoms with Crippen LogP contribution in [0.4, 0.5) is 0 Å². The molecule has 8 heteroatoms. The van der Waals surface area contributed by atoms with Gasteiger partial charge in [-0.15, -0.1) is 0 Å². The second kappa shape index (κ2) is 5.76. The van der Waals surface area contributed by atoms with Gasteiger partial charge in [0, 0.05) is 26.2 Å². The van der Waals surface area contributed by atoms with E-state index in [-0.39, 0.29) is 19.0 Å². The Kier molecular flexibility index (Phi) is 4.87. The summed E-state index contributed by atoms with van der Waals surface area (Å²) >= 11 is 0. The van der Waals surface area contributed by atoms with Crippen molar-refractivity contribution in [2.75, 3.05) is 26.2 Å². The molecule has 0 aliphatic carbocycles. The van der Waals surface area contributed by atoms with Crippen LogP contribution in [0.1, 0.15) is 19.8 Å². The zero-order valence-corrected chi connectivity index (χ0v) is 10.8. The maximum Gasteiger partial charge on any atom is 0.277 e. The molecule has 0 bridgehead atoms. The number of amides is 1. The summed E-state index contributed by atoms with van der Waals surface area (Å²) in [4.78, 5) is 13.4. The molecule has 0 saturated carbocycles. The quantitative estimate of drug-likeness (QED) is 0.641. The second-order valence-corrected chi connectivity index (χ2v) is 5.71. The Bertz CT molecular complexity index is 362. The first-order chi connectivity index (χ1) is 7.86. The minimum atomic E-state index is -3.64. The molecule has 0 unspecified atom stereocenters. The Morgan fingerprint density at radius 2 is 1.82 bits per heavy atom. The summed E-state index contributed by atoms with van der Waals surface area (Å²) in [5, 5.41) is 5.01. The van der Waals surface area contributed by atoms with E-state index in [9.17, 15) is 13.2 Å². The van der Waals surface area contributed by atoms with Crippen LogP contribution in [0.15, 0.2) is 0 Å². The fraction of sp³-hybridized carbons (Fsp3) is 0.889. The third-order valence-corrected chi connectivity index (χ3v) is 3.91. The van der Waals surface area contributed by atoms with Crippen LogP contribution < -0.4 is 10.9 Å². The topological polar surface area (TPSA) is 110 Å². The molecule has 0 radical (unpaired) electrons. The van der Waals surface area contributed by atoms with E-state index in [1.54, 1.807) is 4.90 Å². The fourth-order valence-electron chi connectivity index (χ4n) is 1.83. The van der Waals surface area contributed by atoms with Crippen molar-refractivity contribution in [3.8, 4) is 0 Å². The van der Waals surface area contributed by atoms with Gasteiger partial charge in [-0.1, -0.05) is 13.3 Å². The molecule has 1 aliphatic heterocycles. The van der Waals surface area contributed by atoms with E-state index in [4.69, 9.17) is 10.9 Å². The number of carbonyl (C=O) groups excluding carboxylic acids is 1. The van der Waals surface area contributed by atoms with Crippen LogP contribution in [0, 0.1) is 0 Å². The van der Waals surface area contributed by atoms with Gasteiger partial charge < -0.3 is 10.6 Å². The van der Waals surface area contributed by atoms with E-state index in [2.05, 4.69) is 0 Å². The van der Waals surface area contributed by atoms with Crippen LogP contribution in [0.5, 0.6) is 0 Å². The van der Waals surface area contributed by atoms with Crippen molar-refractivity contribution >= 4 is 16.1 Å². The Hall–Kier alpha value is -0.700. The summed E-state index contributed by atoms with van der Waals surface area (Å²) in [6.07, 6.45) is 1.50. The molecule has 100 valence electrons. The number of carbonyl (C=O) groups is 1. The minimum absolute atomic E-state index is 0.110. The van der Waals surface area contributed by atoms with Gasteiger partial charge in [0.1, 0.15) is 0 Å². The molecule has 1 amide bonds. The Labute approximate surface area is 102 Å². The summed E-state index contributed by atoms with van der Waals surface area (Å²) in [5.74, 6) is -0.110. The average Bonchev–Trinajstić information content (AvgIpc) is 2.27. The maximum atomic E-state index is 11.8. The molecule has 0 aromatic carbocycles. The van der Waals surface area contributed by atoms with Crippen molar-refractivity contribution in [2.24, 2.45) is 10.9 Å². The second-order valence-electron chi connectivity index (χ2n) is 4.16. The van der Waals surface area contributed by atoms with Crippen molar-refractivity contribution in [2.45, 2.75) is 25.8 Å². The number of piperazine rings is 1. The normalized spacial score (nSPS) is 20.3. The van der Waals surface area contributed by atoms with Gasteiger partial charge in [0.15, 0.2) is 0 Å². The van der Waals surface area contributed by atoms with Gasteiger partial charge in [0.05, 0.1) is 6.04 Å². The summed E-state index contributed by atoms with van der Waals surface area (Å²) in [5.41, 5.74) is 5.73. The number of hydrogen-bond acceptors (Lipinski definition) is 4. The van der Waals surface area contributed by atoms with E-state index in [0.29, 0.717) is 19.5 Å². The highest BCUT2D eigenvalue weighted by Crippen LogP contribution is 2.07. The smallest absolute Gasteiger partial charge is 0.277 e. The third kappa shape index (κ3) is 3.91. The van der Waals surface area contributed by atoms with Crippen LogP contribution >= 0.6 is 0 Å². The SMILES string of the molecule is CCC[C@@H](N)C(=O)N1CCN(S(N)(=O)=O)CC1. The largest absolute Gasteiger partial charge is 0.339 e. The lowest BCUT2D eigenvalue weighted by Crippen LogP contribution is -2.55. The van der Waals surface area contributed by atoms with Gasteiger partial charge in [0.2, 0.25) is 5.91 Å². The van der Waals surface area contributed by atoms with Crippen molar-refractivity contribution in [1.82, 2.24) is 9.21 Å².